The molecule has 1 aromatic carbocycles. The smallest absolute Gasteiger partial charge is 0.0590 e. The highest BCUT2D eigenvalue weighted by atomic mass is 32.1. The number of benzene rings is 1. The SMILES string of the molecule is Cc1ccccc1[C@H]1NCCc2sccc21. The summed E-state index contributed by atoms with van der Waals surface area (Å²) in [5, 5.41) is 5.84. The Labute approximate surface area is 100 Å². The zero-order valence-electron chi connectivity index (χ0n) is 9.36. The third-order valence-corrected chi connectivity index (χ3v) is 4.29. The van der Waals surface area contributed by atoms with Crippen LogP contribution in [-0.2, 0) is 6.42 Å². The van der Waals surface area contributed by atoms with E-state index in [1.54, 1.807) is 4.88 Å². The average molecular weight is 229 g/mol. The van der Waals surface area contributed by atoms with Crippen LogP contribution in [0.3, 0.4) is 0 Å². The Bertz CT molecular complexity index is 501. The summed E-state index contributed by atoms with van der Waals surface area (Å²) in [6, 6.07) is 11.3. The minimum absolute atomic E-state index is 0.399. The maximum atomic E-state index is 3.63. The number of rotatable bonds is 1. The lowest BCUT2D eigenvalue weighted by Crippen LogP contribution is -2.29. The fourth-order valence-corrected chi connectivity index (χ4v) is 3.36. The lowest BCUT2D eigenvalue weighted by Gasteiger charge is -2.26. The van der Waals surface area contributed by atoms with Crippen LogP contribution >= 0.6 is 11.3 Å². The molecule has 1 aliphatic rings. The maximum Gasteiger partial charge on any atom is 0.0590 e. The van der Waals surface area contributed by atoms with E-state index in [0.717, 1.165) is 6.54 Å². The molecule has 0 bridgehead atoms. The molecule has 1 nitrogen and oxygen atoms in total. The Morgan fingerprint density at radius 2 is 2.06 bits per heavy atom. The molecular formula is C14H15NS. The molecule has 0 aliphatic carbocycles. The van der Waals surface area contributed by atoms with Crippen molar-refractivity contribution in [1.29, 1.82) is 0 Å². The van der Waals surface area contributed by atoms with Crippen molar-refractivity contribution in [3.05, 3.63) is 57.3 Å². The van der Waals surface area contributed by atoms with E-state index in [2.05, 4.69) is 48.0 Å². The molecule has 1 aromatic heterocycles. The highest BCUT2D eigenvalue weighted by molar-refractivity contribution is 7.10. The first-order valence-corrected chi connectivity index (χ1v) is 6.59. The van der Waals surface area contributed by atoms with Crippen molar-refractivity contribution in [3.63, 3.8) is 0 Å². The normalized spacial score (nSPS) is 19.4. The van der Waals surface area contributed by atoms with Crippen LogP contribution in [0.5, 0.6) is 0 Å². The van der Waals surface area contributed by atoms with E-state index in [4.69, 9.17) is 0 Å². The summed E-state index contributed by atoms with van der Waals surface area (Å²) in [4.78, 5) is 1.55. The summed E-state index contributed by atoms with van der Waals surface area (Å²) in [6.45, 7) is 3.28. The fraction of sp³-hybridized carbons (Fsp3) is 0.286. The average Bonchev–Trinajstić information content (AvgIpc) is 2.77. The number of thiophene rings is 1. The number of nitrogens with one attached hydrogen (secondary N) is 1. The van der Waals surface area contributed by atoms with Gasteiger partial charge in [-0.05, 0) is 41.5 Å². The third-order valence-electron chi connectivity index (χ3n) is 3.29. The molecule has 0 spiro atoms. The summed E-state index contributed by atoms with van der Waals surface area (Å²) < 4.78 is 0. The van der Waals surface area contributed by atoms with Gasteiger partial charge in [-0.25, -0.2) is 0 Å². The van der Waals surface area contributed by atoms with Crippen molar-refractivity contribution >= 4 is 11.3 Å². The maximum absolute atomic E-state index is 3.63. The van der Waals surface area contributed by atoms with Crippen molar-refractivity contribution < 1.29 is 0 Å². The predicted molar refractivity (Wildman–Crippen MR) is 69.0 cm³/mol. The summed E-state index contributed by atoms with van der Waals surface area (Å²) >= 11 is 1.89. The van der Waals surface area contributed by atoms with E-state index in [1.807, 2.05) is 11.3 Å². The van der Waals surface area contributed by atoms with Gasteiger partial charge in [0.15, 0.2) is 0 Å². The van der Waals surface area contributed by atoms with Gasteiger partial charge in [-0.3, -0.25) is 0 Å². The second kappa shape index (κ2) is 4.04. The van der Waals surface area contributed by atoms with Crippen molar-refractivity contribution in [2.45, 2.75) is 19.4 Å². The zero-order chi connectivity index (χ0) is 11.0. The summed E-state index contributed by atoms with van der Waals surface area (Å²) in [5.41, 5.74) is 4.27. The van der Waals surface area contributed by atoms with Crippen LogP contribution in [0.25, 0.3) is 0 Å². The van der Waals surface area contributed by atoms with E-state index >= 15 is 0 Å². The van der Waals surface area contributed by atoms with Gasteiger partial charge in [0.05, 0.1) is 6.04 Å². The Balaban J connectivity index is 2.08. The largest absolute Gasteiger partial charge is 0.306 e. The molecule has 0 amide bonds. The fourth-order valence-electron chi connectivity index (χ4n) is 2.44. The molecule has 82 valence electrons. The second-order valence-electron chi connectivity index (χ2n) is 4.29. The predicted octanol–water partition coefficient (Wildman–Crippen LogP) is 3.29. The van der Waals surface area contributed by atoms with Gasteiger partial charge in [-0.15, -0.1) is 11.3 Å². The van der Waals surface area contributed by atoms with Crippen LogP contribution in [0, 0.1) is 6.92 Å². The number of fused-ring (bicyclic) bond motifs is 1. The molecule has 1 N–H and O–H groups in total. The van der Waals surface area contributed by atoms with E-state index in [-0.39, 0.29) is 0 Å². The van der Waals surface area contributed by atoms with Crippen LogP contribution in [0.1, 0.15) is 27.6 Å². The lowest BCUT2D eigenvalue weighted by molar-refractivity contribution is 0.572. The van der Waals surface area contributed by atoms with Crippen molar-refractivity contribution in [2.75, 3.05) is 6.54 Å². The molecule has 1 aliphatic heterocycles. The minimum Gasteiger partial charge on any atom is -0.306 e. The number of hydrogen-bond acceptors (Lipinski definition) is 2. The van der Waals surface area contributed by atoms with Gasteiger partial charge in [-0.1, -0.05) is 24.3 Å². The molecule has 16 heavy (non-hydrogen) atoms. The van der Waals surface area contributed by atoms with Crippen molar-refractivity contribution in [1.82, 2.24) is 5.32 Å². The van der Waals surface area contributed by atoms with Gasteiger partial charge in [0.25, 0.3) is 0 Å². The zero-order valence-corrected chi connectivity index (χ0v) is 10.2. The second-order valence-corrected chi connectivity index (χ2v) is 5.29. The molecule has 2 aromatic rings. The van der Waals surface area contributed by atoms with Gasteiger partial charge in [0.1, 0.15) is 0 Å². The van der Waals surface area contributed by atoms with Crippen LogP contribution < -0.4 is 5.32 Å². The van der Waals surface area contributed by atoms with Crippen LogP contribution in [0.15, 0.2) is 35.7 Å². The Morgan fingerprint density at radius 3 is 2.94 bits per heavy atom. The first-order chi connectivity index (χ1) is 7.86. The highest BCUT2D eigenvalue weighted by Gasteiger charge is 2.22. The molecular weight excluding hydrogens is 214 g/mol. The summed E-state index contributed by atoms with van der Waals surface area (Å²) in [7, 11) is 0. The van der Waals surface area contributed by atoms with Gasteiger partial charge in [0, 0.05) is 11.4 Å². The molecule has 1 atom stereocenters. The van der Waals surface area contributed by atoms with Crippen LogP contribution in [-0.4, -0.2) is 6.54 Å². The molecule has 0 radical (unpaired) electrons. The Kier molecular flexibility index (Phi) is 2.54. The highest BCUT2D eigenvalue weighted by Crippen LogP contribution is 2.33. The quantitative estimate of drug-likeness (QED) is 0.791. The van der Waals surface area contributed by atoms with Crippen LogP contribution in [0.2, 0.25) is 0 Å². The third kappa shape index (κ3) is 1.58. The van der Waals surface area contributed by atoms with E-state index in [1.165, 1.54) is 23.1 Å². The Morgan fingerprint density at radius 1 is 1.19 bits per heavy atom. The topological polar surface area (TPSA) is 12.0 Å². The number of aryl methyl sites for hydroxylation is 1. The standard InChI is InChI=1S/C14H15NS/c1-10-4-2-3-5-11(10)14-12-7-9-16-13(12)6-8-15-14/h2-5,7,9,14-15H,6,8H2,1H3/t14-/m1/s1. The molecule has 0 unspecified atom stereocenters. The van der Waals surface area contributed by atoms with Gasteiger partial charge >= 0.3 is 0 Å². The van der Waals surface area contributed by atoms with Crippen LogP contribution in [0.4, 0.5) is 0 Å². The van der Waals surface area contributed by atoms with E-state index in [0.29, 0.717) is 6.04 Å². The molecule has 2 heterocycles. The first-order valence-electron chi connectivity index (χ1n) is 5.71. The van der Waals surface area contributed by atoms with E-state index in [9.17, 15) is 0 Å². The summed E-state index contributed by atoms with van der Waals surface area (Å²) in [5.74, 6) is 0. The minimum atomic E-state index is 0.399. The van der Waals surface area contributed by atoms with Gasteiger partial charge in [-0.2, -0.15) is 0 Å². The first kappa shape index (κ1) is 10.1. The monoisotopic (exact) mass is 229 g/mol. The Hall–Kier alpha value is -1.12. The molecule has 0 saturated carbocycles. The molecule has 0 saturated heterocycles. The summed E-state index contributed by atoms with van der Waals surface area (Å²) in [6.07, 6.45) is 1.18. The van der Waals surface area contributed by atoms with E-state index < -0.39 is 0 Å². The molecule has 2 heteroatoms. The van der Waals surface area contributed by atoms with Crippen molar-refractivity contribution in [3.8, 4) is 0 Å². The van der Waals surface area contributed by atoms with Gasteiger partial charge in [0.2, 0.25) is 0 Å². The molecule has 0 fully saturated rings. The van der Waals surface area contributed by atoms with Gasteiger partial charge < -0.3 is 5.32 Å². The number of hydrogen-bond donors (Lipinski definition) is 1. The molecule has 3 rings (SSSR count). The van der Waals surface area contributed by atoms with Crippen molar-refractivity contribution in [2.24, 2.45) is 0 Å². The lowest BCUT2D eigenvalue weighted by atomic mass is 9.92.